The Bertz CT molecular complexity index is 497. The molecule has 1 fully saturated rings. The molecule has 0 amide bonds. The summed E-state index contributed by atoms with van der Waals surface area (Å²) in [6, 6.07) is 6.22. The van der Waals surface area contributed by atoms with Crippen LogP contribution in [0, 0.1) is 0 Å². The molecule has 1 aliphatic rings. The molecule has 0 saturated heterocycles. The summed E-state index contributed by atoms with van der Waals surface area (Å²) in [7, 11) is 0. The van der Waals surface area contributed by atoms with Gasteiger partial charge in [0.2, 0.25) is 0 Å². The molecule has 82 valence electrons. The zero-order valence-electron chi connectivity index (χ0n) is 8.80. The lowest BCUT2D eigenvalue weighted by molar-refractivity contribution is -0.108. The largest absolute Gasteiger partial charge is 0.301 e. The minimum atomic E-state index is 0.372. The molecule has 3 rings (SSSR count). The zero-order valence-corrected chi connectivity index (χ0v) is 9.61. The summed E-state index contributed by atoms with van der Waals surface area (Å²) in [6.45, 7) is 0.372. The molecule has 2 aromatic heterocycles. The SMILES string of the molecule is O=CCn1nc(-c2cccs2)cc1C1CC1. The van der Waals surface area contributed by atoms with Crippen LogP contribution in [0.25, 0.3) is 10.6 Å². The second kappa shape index (κ2) is 3.87. The summed E-state index contributed by atoms with van der Waals surface area (Å²) in [6.07, 6.45) is 3.37. The van der Waals surface area contributed by atoms with E-state index in [1.54, 1.807) is 11.3 Å². The molecule has 3 nitrogen and oxygen atoms in total. The average molecular weight is 232 g/mol. The van der Waals surface area contributed by atoms with Gasteiger partial charge in [-0.15, -0.1) is 11.3 Å². The van der Waals surface area contributed by atoms with Crippen LogP contribution >= 0.6 is 11.3 Å². The van der Waals surface area contributed by atoms with E-state index in [1.807, 2.05) is 16.1 Å². The number of carbonyl (C=O) groups excluding carboxylic acids is 1. The van der Waals surface area contributed by atoms with Crippen LogP contribution < -0.4 is 0 Å². The first kappa shape index (κ1) is 9.78. The van der Waals surface area contributed by atoms with Crippen LogP contribution in [0.15, 0.2) is 23.6 Å². The fourth-order valence-electron chi connectivity index (χ4n) is 1.90. The molecule has 0 spiro atoms. The maximum atomic E-state index is 10.6. The van der Waals surface area contributed by atoms with E-state index < -0.39 is 0 Å². The van der Waals surface area contributed by atoms with Gasteiger partial charge in [-0.05, 0) is 30.4 Å². The van der Waals surface area contributed by atoms with Crippen molar-refractivity contribution in [1.82, 2.24) is 9.78 Å². The van der Waals surface area contributed by atoms with Gasteiger partial charge in [0.15, 0.2) is 0 Å². The van der Waals surface area contributed by atoms with Crippen LogP contribution in [-0.4, -0.2) is 16.1 Å². The number of hydrogen-bond donors (Lipinski definition) is 0. The van der Waals surface area contributed by atoms with Crippen molar-refractivity contribution in [3.05, 3.63) is 29.3 Å². The van der Waals surface area contributed by atoms with Gasteiger partial charge >= 0.3 is 0 Å². The highest BCUT2D eigenvalue weighted by atomic mass is 32.1. The van der Waals surface area contributed by atoms with Crippen molar-refractivity contribution in [3.63, 3.8) is 0 Å². The molecular formula is C12H12N2OS. The minimum Gasteiger partial charge on any atom is -0.301 e. The van der Waals surface area contributed by atoms with Gasteiger partial charge in [0.05, 0.1) is 11.4 Å². The van der Waals surface area contributed by atoms with Gasteiger partial charge in [-0.25, -0.2) is 0 Å². The molecule has 0 radical (unpaired) electrons. The molecular weight excluding hydrogens is 220 g/mol. The second-order valence-electron chi connectivity index (χ2n) is 4.05. The Balaban J connectivity index is 2.00. The summed E-state index contributed by atoms with van der Waals surface area (Å²) in [4.78, 5) is 11.8. The third-order valence-corrected chi connectivity index (χ3v) is 3.72. The van der Waals surface area contributed by atoms with E-state index >= 15 is 0 Å². The third kappa shape index (κ3) is 1.69. The quantitative estimate of drug-likeness (QED) is 0.760. The lowest BCUT2D eigenvalue weighted by atomic mass is 10.2. The number of aldehydes is 1. The van der Waals surface area contributed by atoms with Crippen molar-refractivity contribution < 1.29 is 4.79 Å². The van der Waals surface area contributed by atoms with Crippen LogP contribution in [-0.2, 0) is 11.3 Å². The number of hydrogen-bond acceptors (Lipinski definition) is 3. The van der Waals surface area contributed by atoms with E-state index in [-0.39, 0.29) is 0 Å². The van der Waals surface area contributed by atoms with Gasteiger partial charge in [-0.3, -0.25) is 4.68 Å². The molecule has 0 aliphatic heterocycles. The van der Waals surface area contributed by atoms with Gasteiger partial charge in [-0.1, -0.05) is 6.07 Å². The normalized spacial score (nSPS) is 15.2. The van der Waals surface area contributed by atoms with Crippen molar-refractivity contribution >= 4 is 17.6 Å². The highest BCUT2D eigenvalue weighted by molar-refractivity contribution is 7.13. The number of thiophene rings is 1. The first-order valence-electron chi connectivity index (χ1n) is 5.44. The standard InChI is InChI=1S/C12H12N2OS/c15-6-5-14-11(9-3-4-9)8-10(13-14)12-2-1-7-16-12/h1-2,6-9H,3-5H2. The Morgan fingerprint density at radius 2 is 2.44 bits per heavy atom. The molecule has 0 unspecified atom stereocenters. The third-order valence-electron chi connectivity index (χ3n) is 2.83. The summed E-state index contributed by atoms with van der Waals surface area (Å²) in [5.41, 5.74) is 2.22. The van der Waals surface area contributed by atoms with E-state index in [2.05, 4.69) is 17.2 Å². The highest BCUT2D eigenvalue weighted by Crippen LogP contribution is 2.41. The highest BCUT2D eigenvalue weighted by Gasteiger charge is 2.28. The lowest BCUT2D eigenvalue weighted by Crippen LogP contribution is -2.04. The minimum absolute atomic E-state index is 0.372. The molecule has 2 aromatic rings. The molecule has 1 aliphatic carbocycles. The van der Waals surface area contributed by atoms with Crippen molar-refractivity contribution in [2.45, 2.75) is 25.3 Å². The Kier molecular flexibility index (Phi) is 2.36. The first-order valence-corrected chi connectivity index (χ1v) is 6.31. The first-order chi connectivity index (χ1) is 7.88. The second-order valence-corrected chi connectivity index (χ2v) is 5.00. The molecule has 0 aromatic carbocycles. The molecule has 0 atom stereocenters. The van der Waals surface area contributed by atoms with Crippen LogP contribution in [0.1, 0.15) is 24.5 Å². The van der Waals surface area contributed by atoms with Crippen LogP contribution in [0.5, 0.6) is 0 Å². The Morgan fingerprint density at radius 3 is 3.06 bits per heavy atom. The van der Waals surface area contributed by atoms with Crippen molar-refractivity contribution in [2.24, 2.45) is 0 Å². The summed E-state index contributed by atoms with van der Waals surface area (Å²) >= 11 is 1.68. The zero-order chi connectivity index (χ0) is 11.0. The van der Waals surface area contributed by atoms with E-state index in [1.165, 1.54) is 23.4 Å². The molecule has 2 heterocycles. The molecule has 0 N–H and O–H groups in total. The van der Waals surface area contributed by atoms with E-state index in [0.717, 1.165) is 12.0 Å². The fraction of sp³-hybridized carbons (Fsp3) is 0.333. The van der Waals surface area contributed by atoms with Gasteiger partial charge in [0.25, 0.3) is 0 Å². The smallest absolute Gasteiger partial charge is 0.141 e. The Labute approximate surface area is 97.7 Å². The van der Waals surface area contributed by atoms with Crippen LogP contribution in [0.3, 0.4) is 0 Å². The number of rotatable bonds is 4. The van der Waals surface area contributed by atoms with E-state index in [4.69, 9.17) is 0 Å². The van der Waals surface area contributed by atoms with Gasteiger partial charge in [0.1, 0.15) is 12.0 Å². The number of carbonyl (C=O) groups is 1. The van der Waals surface area contributed by atoms with Crippen molar-refractivity contribution in [1.29, 1.82) is 0 Å². The summed E-state index contributed by atoms with van der Waals surface area (Å²) < 4.78 is 1.85. The van der Waals surface area contributed by atoms with E-state index in [0.29, 0.717) is 12.5 Å². The molecule has 1 saturated carbocycles. The van der Waals surface area contributed by atoms with Crippen LogP contribution in [0.4, 0.5) is 0 Å². The average Bonchev–Trinajstić information content (AvgIpc) is 2.82. The van der Waals surface area contributed by atoms with Crippen LogP contribution in [0.2, 0.25) is 0 Å². The van der Waals surface area contributed by atoms with Gasteiger partial charge in [-0.2, -0.15) is 5.10 Å². The Morgan fingerprint density at radius 1 is 1.56 bits per heavy atom. The Hall–Kier alpha value is -1.42. The monoisotopic (exact) mass is 232 g/mol. The van der Waals surface area contributed by atoms with Gasteiger partial charge in [0, 0.05) is 11.6 Å². The van der Waals surface area contributed by atoms with E-state index in [9.17, 15) is 4.79 Å². The van der Waals surface area contributed by atoms with Crippen molar-refractivity contribution in [3.8, 4) is 10.6 Å². The molecule has 4 heteroatoms. The summed E-state index contributed by atoms with van der Waals surface area (Å²) in [5, 5.41) is 6.55. The fourth-order valence-corrected chi connectivity index (χ4v) is 2.58. The molecule has 0 bridgehead atoms. The number of nitrogens with zero attached hydrogens (tertiary/aromatic N) is 2. The summed E-state index contributed by atoms with van der Waals surface area (Å²) in [5.74, 6) is 0.626. The van der Waals surface area contributed by atoms with Crippen molar-refractivity contribution in [2.75, 3.05) is 0 Å². The molecule has 16 heavy (non-hydrogen) atoms. The predicted octanol–water partition coefficient (Wildman–Crippen LogP) is 2.69. The number of aromatic nitrogens is 2. The topological polar surface area (TPSA) is 34.9 Å². The van der Waals surface area contributed by atoms with Gasteiger partial charge < -0.3 is 4.79 Å². The predicted molar refractivity (Wildman–Crippen MR) is 63.6 cm³/mol. The lowest BCUT2D eigenvalue weighted by Gasteiger charge is -1.99. The maximum absolute atomic E-state index is 10.6. The maximum Gasteiger partial charge on any atom is 0.141 e.